The van der Waals surface area contributed by atoms with Gasteiger partial charge in [0, 0.05) is 12.6 Å². The van der Waals surface area contributed by atoms with Gasteiger partial charge in [-0.15, -0.1) is 0 Å². The third kappa shape index (κ3) is 2.29. The van der Waals surface area contributed by atoms with Gasteiger partial charge in [-0.05, 0) is 61.9 Å². The molecule has 3 heteroatoms. The van der Waals surface area contributed by atoms with Crippen molar-refractivity contribution in [2.24, 2.45) is 5.92 Å². The second-order valence-electron chi connectivity index (χ2n) is 5.74. The lowest BCUT2D eigenvalue weighted by molar-refractivity contribution is 0.0876. The van der Waals surface area contributed by atoms with Crippen LogP contribution in [0.15, 0.2) is 18.2 Å². The van der Waals surface area contributed by atoms with Crippen LogP contribution >= 0.6 is 0 Å². The number of aryl methyl sites for hydroxylation is 1. The SMILES string of the molecule is CN(CC(O)C1CC1)C1CCc2ccc(F)cc21. The number of aliphatic hydroxyl groups is 1. The standard InChI is InChI=1S/C15H20FNO/c1-17(9-15(18)11-2-3-11)14-7-5-10-4-6-12(16)8-13(10)14/h4,6,8,11,14-15,18H,2-3,5,7,9H2,1H3. The van der Waals surface area contributed by atoms with E-state index >= 15 is 0 Å². The number of hydrogen-bond donors (Lipinski definition) is 1. The van der Waals surface area contributed by atoms with Crippen LogP contribution in [-0.2, 0) is 6.42 Å². The lowest BCUT2D eigenvalue weighted by atomic mass is 10.1. The van der Waals surface area contributed by atoms with Gasteiger partial charge in [-0.25, -0.2) is 4.39 Å². The Morgan fingerprint density at radius 3 is 2.89 bits per heavy atom. The summed E-state index contributed by atoms with van der Waals surface area (Å²) in [4.78, 5) is 2.19. The number of aliphatic hydroxyl groups excluding tert-OH is 1. The Hall–Kier alpha value is -0.930. The first-order chi connectivity index (χ1) is 8.65. The zero-order valence-electron chi connectivity index (χ0n) is 10.8. The van der Waals surface area contributed by atoms with Crippen molar-refractivity contribution in [1.82, 2.24) is 4.90 Å². The lowest BCUT2D eigenvalue weighted by Crippen LogP contribution is -2.32. The van der Waals surface area contributed by atoms with E-state index in [4.69, 9.17) is 0 Å². The number of nitrogens with zero attached hydrogens (tertiary/aromatic N) is 1. The molecular formula is C15H20FNO. The van der Waals surface area contributed by atoms with Crippen LogP contribution in [0, 0.1) is 11.7 Å². The van der Waals surface area contributed by atoms with Crippen molar-refractivity contribution in [3.63, 3.8) is 0 Å². The van der Waals surface area contributed by atoms with Crippen LogP contribution in [-0.4, -0.2) is 29.7 Å². The van der Waals surface area contributed by atoms with Crippen molar-refractivity contribution in [3.05, 3.63) is 35.1 Å². The zero-order chi connectivity index (χ0) is 12.7. The third-order valence-corrected chi connectivity index (χ3v) is 4.33. The smallest absolute Gasteiger partial charge is 0.123 e. The van der Waals surface area contributed by atoms with E-state index < -0.39 is 0 Å². The van der Waals surface area contributed by atoms with E-state index in [0.29, 0.717) is 12.5 Å². The average molecular weight is 249 g/mol. The molecule has 1 aromatic carbocycles. The Kier molecular flexibility index (Phi) is 3.12. The molecule has 0 radical (unpaired) electrons. The Balaban J connectivity index is 1.72. The molecule has 0 bridgehead atoms. The fraction of sp³-hybridized carbons (Fsp3) is 0.600. The van der Waals surface area contributed by atoms with Crippen LogP contribution < -0.4 is 0 Å². The largest absolute Gasteiger partial charge is 0.392 e. The van der Waals surface area contributed by atoms with Crippen molar-refractivity contribution in [2.45, 2.75) is 37.8 Å². The van der Waals surface area contributed by atoms with Gasteiger partial charge in [0.05, 0.1) is 6.10 Å². The van der Waals surface area contributed by atoms with Gasteiger partial charge in [-0.3, -0.25) is 4.90 Å². The van der Waals surface area contributed by atoms with E-state index in [1.165, 1.54) is 5.56 Å². The van der Waals surface area contributed by atoms with Crippen LogP contribution in [0.5, 0.6) is 0 Å². The number of benzene rings is 1. The molecule has 2 aliphatic carbocycles. The molecule has 18 heavy (non-hydrogen) atoms. The molecule has 0 spiro atoms. The van der Waals surface area contributed by atoms with Crippen LogP contribution in [0.4, 0.5) is 4.39 Å². The molecule has 98 valence electrons. The number of fused-ring (bicyclic) bond motifs is 1. The summed E-state index contributed by atoms with van der Waals surface area (Å²) in [7, 11) is 2.04. The summed E-state index contributed by atoms with van der Waals surface area (Å²) < 4.78 is 13.3. The lowest BCUT2D eigenvalue weighted by Gasteiger charge is -2.27. The van der Waals surface area contributed by atoms with Crippen LogP contribution in [0.3, 0.4) is 0 Å². The summed E-state index contributed by atoms with van der Waals surface area (Å²) in [6, 6.07) is 5.37. The van der Waals surface area contributed by atoms with E-state index in [-0.39, 0.29) is 18.0 Å². The molecule has 1 saturated carbocycles. The van der Waals surface area contributed by atoms with Crippen LogP contribution in [0.25, 0.3) is 0 Å². The van der Waals surface area contributed by atoms with Crippen molar-refractivity contribution in [2.75, 3.05) is 13.6 Å². The van der Waals surface area contributed by atoms with Gasteiger partial charge in [0.2, 0.25) is 0 Å². The first-order valence-electron chi connectivity index (χ1n) is 6.82. The number of hydrogen-bond acceptors (Lipinski definition) is 2. The topological polar surface area (TPSA) is 23.5 Å². The third-order valence-electron chi connectivity index (χ3n) is 4.33. The Morgan fingerprint density at radius 2 is 2.17 bits per heavy atom. The molecule has 2 nitrogen and oxygen atoms in total. The first kappa shape index (κ1) is 12.1. The van der Waals surface area contributed by atoms with E-state index in [1.54, 1.807) is 12.1 Å². The highest BCUT2D eigenvalue weighted by molar-refractivity contribution is 5.35. The second-order valence-corrected chi connectivity index (χ2v) is 5.74. The summed E-state index contributed by atoms with van der Waals surface area (Å²) in [5.41, 5.74) is 2.37. The summed E-state index contributed by atoms with van der Waals surface area (Å²) in [5, 5.41) is 10.0. The molecule has 2 unspecified atom stereocenters. The van der Waals surface area contributed by atoms with E-state index in [9.17, 15) is 9.50 Å². The summed E-state index contributed by atoms with van der Waals surface area (Å²) in [6.07, 6.45) is 4.15. The normalized spacial score (nSPS) is 24.3. The van der Waals surface area contributed by atoms with E-state index in [2.05, 4.69) is 4.90 Å². The second kappa shape index (κ2) is 4.63. The van der Waals surface area contributed by atoms with Gasteiger partial charge < -0.3 is 5.11 Å². The fourth-order valence-electron chi connectivity index (χ4n) is 3.06. The predicted molar refractivity (Wildman–Crippen MR) is 68.8 cm³/mol. The summed E-state index contributed by atoms with van der Waals surface area (Å²) >= 11 is 0. The maximum Gasteiger partial charge on any atom is 0.123 e. The number of halogens is 1. The maximum absolute atomic E-state index is 13.3. The zero-order valence-corrected chi connectivity index (χ0v) is 10.8. The molecule has 1 fully saturated rings. The van der Waals surface area contributed by atoms with E-state index in [0.717, 1.165) is 31.2 Å². The molecule has 2 aliphatic rings. The molecule has 2 atom stereocenters. The van der Waals surface area contributed by atoms with Crippen LogP contribution in [0.2, 0.25) is 0 Å². The van der Waals surface area contributed by atoms with Crippen molar-refractivity contribution >= 4 is 0 Å². The van der Waals surface area contributed by atoms with Crippen molar-refractivity contribution in [1.29, 1.82) is 0 Å². The molecule has 0 aromatic heterocycles. The molecule has 0 saturated heterocycles. The maximum atomic E-state index is 13.3. The number of likely N-dealkylation sites (N-methyl/N-ethyl adjacent to an activating group) is 1. The average Bonchev–Trinajstić information content (AvgIpc) is 3.10. The van der Waals surface area contributed by atoms with Gasteiger partial charge in [-0.1, -0.05) is 6.07 Å². The first-order valence-corrected chi connectivity index (χ1v) is 6.82. The molecular weight excluding hydrogens is 229 g/mol. The predicted octanol–water partition coefficient (Wildman–Crippen LogP) is 2.52. The molecule has 3 rings (SSSR count). The van der Waals surface area contributed by atoms with Crippen molar-refractivity contribution < 1.29 is 9.50 Å². The minimum absolute atomic E-state index is 0.156. The minimum Gasteiger partial charge on any atom is -0.392 e. The van der Waals surface area contributed by atoms with Crippen molar-refractivity contribution in [3.8, 4) is 0 Å². The van der Waals surface area contributed by atoms with E-state index in [1.807, 2.05) is 13.1 Å². The Labute approximate surface area is 107 Å². The van der Waals surface area contributed by atoms with Gasteiger partial charge in [0.1, 0.15) is 5.82 Å². The monoisotopic (exact) mass is 249 g/mol. The minimum atomic E-state index is -0.215. The molecule has 0 heterocycles. The fourth-order valence-corrected chi connectivity index (χ4v) is 3.06. The van der Waals surface area contributed by atoms with Gasteiger partial charge in [0.25, 0.3) is 0 Å². The quantitative estimate of drug-likeness (QED) is 0.886. The van der Waals surface area contributed by atoms with Gasteiger partial charge in [-0.2, -0.15) is 0 Å². The van der Waals surface area contributed by atoms with Crippen LogP contribution in [0.1, 0.15) is 36.4 Å². The molecule has 1 aromatic rings. The molecule has 0 amide bonds. The summed E-state index contributed by atoms with van der Waals surface area (Å²) in [6.45, 7) is 0.700. The molecule has 0 aliphatic heterocycles. The molecule has 1 N–H and O–H groups in total. The van der Waals surface area contributed by atoms with Gasteiger partial charge in [0.15, 0.2) is 0 Å². The highest BCUT2D eigenvalue weighted by Crippen LogP contribution is 2.37. The Morgan fingerprint density at radius 1 is 1.39 bits per heavy atom. The highest BCUT2D eigenvalue weighted by atomic mass is 19.1. The highest BCUT2D eigenvalue weighted by Gasteiger charge is 2.33. The Bertz CT molecular complexity index is 444. The van der Waals surface area contributed by atoms with Gasteiger partial charge >= 0.3 is 0 Å². The number of rotatable bonds is 4. The summed E-state index contributed by atoms with van der Waals surface area (Å²) in [5.74, 6) is 0.345.